The van der Waals surface area contributed by atoms with Crippen LogP contribution in [-0.4, -0.2) is 68.2 Å². The first-order chi connectivity index (χ1) is 15.6. The summed E-state index contributed by atoms with van der Waals surface area (Å²) in [7, 11) is 1.77. The number of morpholine rings is 1. The van der Waals surface area contributed by atoms with Crippen LogP contribution in [0.2, 0.25) is 0 Å². The molecule has 2 amide bonds. The number of nitrogens with zero attached hydrogens (tertiary/aromatic N) is 5. The number of likely N-dealkylation sites (tertiary alicyclic amines) is 1. The van der Waals surface area contributed by atoms with Crippen LogP contribution in [0.4, 0.5) is 0 Å². The molecule has 0 bridgehead atoms. The van der Waals surface area contributed by atoms with E-state index in [9.17, 15) is 9.59 Å². The largest absolute Gasteiger partial charge is 0.361 e. The average molecular weight is 431 g/mol. The number of carbonyl (C=O) groups excluding carboxylic acids is 2. The first-order valence-corrected chi connectivity index (χ1v) is 10.7. The Morgan fingerprint density at radius 1 is 1.19 bits per heavy atom. The molecule has 2 aliphatic heterocycles. The van der Waals surface area contributed by atoms with E-state index in [4.69, 9.17) is 4.74 Å². The Balaban J connectivity index is 1.48. The highest BCUT2D eigenvalue weighted by atomic mass is 16.5. The maximum absolute atomic E-state index is 13.9. The molecule has 164 valence electrons. The Kier molecular flexibility index (Phi) is 5.22. The number of rotatable bonds is 4. The molecule has 2 aromatic heterocycles. The molecule has 8 heteroatoms. The third-order valence-corrected chi connectivity index (χ3v) is 6.28. The van der Waals surface area contributed by atoms with Crippen molar-refractivity contribution in [2.24, 2.45) is 7.05 Å². The average Bonchev–Trinajstić information content (AvgIpc) is 3.42. The summed E-state index contributed by atoms with van der Waals surface area (Å²) in [5.74, 6) is -0.597. The number of benzene rings is 1. The van der Waals surface area contributed by atoms with Gasteiger partial charge in [-0.15, -0.1) is 0 Å². The number of ether oxygens (including phenoxy) is 1. The van der Waals surface area contributed by atoms with Crippen LogP contribution in [-0.2, 0) is 23.1 Å². The van der Waals surface area contributed by atoms with Crippen molar-refractivity contribution in [3.63, 3.8) is 0 Å². The summed E-state index contributed by atoms with van der Waals surface area (Å²) < 4.78 is 7.86. The second-order valence-corrected chi connectivity index (χ2v) is 8.35. The van der Waals surface area contributed by atoms with Gasteiger partial charge in [-0.2, -0.15) is 5.10 Å². The van der Waals surface area contributed by atoms with E-state index in [0.717, 1.165) is 11.1 Å². The van der Waals surface area contributed by atoms with Crippen molar-refractivity contribution in [3.8, 4) is 0 Å². The van der Waals surface area contributed by atoms with Crippen LogP contribution in [0, 0.1) is 0 Å². The normalized spacial score (nSPS) is 23.2. The van der Waals surface area contributed by atoms with E-state index >= 15 is 0 Å². The van der Waals surface area contributed by atoms with Crippen molar-refractivity contribution in [2.75, 3.05) is 26.2 Å². The lowest BCUT2D eigenvalue weighted by molar-refractivity contribution is -0.172. The molecule has 4 heterocycles. The zero-order chi connectivity index (χ0) is 22.1. The molecule has 2 aliphatic rings. The summed E-state index contributed by atoms with van der Waals surface area (Å²) in [6, 6.07) is 15.4. The van der Waals surface area contributed by atoms with Gasteiger partial charge in [0.25, 0.3) is 11.8 Å². The lowest BCUT2D eigenvalue weighted by atomic mass is 9.83. The van der Waals surface area contributed by atoms with Gasteiger partial charge in [-0.3, -0.25) is 19.3 Å². The fourth-order valence-corrected chi connectivity index (χ4v) is 4.72. The highest BCUT2D eigenvalue weighted by Gasteiger charge is 2.58. The number of carbonyl (C=O) groups is 2. The number of amides is 2. The minimum Gasteiger partial charge on any atom is -0.361 e. The topological polar surface area (TPSA) is 80.6 Å². The second-order valence-electron chi connectivity index (χ2n) is 8.35. The number of aryl methyl sites for hydroxylation is 1. The van der Waals surface area contributed by atoms with Gasteiger partial charge in [-0.05, 0) is 23.3 Å². The van der Waals surface area contributed by atoms with Crippen molar-refractivity contribution in [2.45, 2.75) is 18.1 Å². The SMILES string of the molecule is Cn1ccc(C(=O)N2CC(c3cccnc3)C3(C2)OCCN(Cc2ccccc2)C3=O)n1. The zero-order valence-corrected chi connectivity index (χ0v) is 17.9. The van der Waals surface area contributed by atoms with Crippen molar-refractivity contribution < 1.29 is 14.3 Å². The molecule has 3 aromatic rings. The molecule has 5 rings (SSSR count). The van der Waals surface area contributed by atoms with E-state index in [-0.39, 0.29) is 24.3 Å². The molecule has 0 N–H and O–H groups in total. The molecule has 1 spiro atoms. The maximum atomic E-state index is 13.9. The quantitative estimate of drug-likeness (QED) is 0.630. The van der Waals surface area contributed by atoms with Crippen LogP contribution in [0.25, 0.3) is 0 Å². The highest BCUT2D eigenvalue weighted by Crippen LogP contribution is 2.42. The Morgan fingerprint density at radius 2 is 2.03 bits per heavy atom. The molecule has 0 aliphatic carbocycles. The third kappa shape index (κ3) is 3.56. The Morgan fingerprint density at radius 3 is 2.75 bits per heavy atom. The molecule has 2 saturated heterocycles. The molecule has 2 unspecified atom stereocenters. The van der Waals surface area contributed by atoms with Gasteiger partial charge < -0.3 is 14.5 Å². The summed E-state index contributed by atoms with van der Waals surface area (Å²) in [4.78, 5) is 34.8. The smallest absolute Gasteiger partial charge is 0.274 e. The Hall–Kier alpha value is -3.52. The molecule has 0 saturated carbocycles. The van der Waals surface area contributed by atoms with E-state index in [1.807, 2.05) is 47.4 Å². The number of aromatic nitrogens is 3. The van der Waals surface area contributed by atoms with Gasteiger partial charge in [0, 0.05) is 51.2 Å². The Labute approximate surface area is 186 Å². The molecule has 1 aromatic carbocycles. The summed E-state index contributed by atoms with van der Waals surface area (Å²) in [6.07, 6.45) is 5.20. The predicted octanol–water partition coefficient (Wildman–Crippen LogP) is 1.85. The number of hydrogen-bond donors (Lipinski definition) is 0. The standard InChI is InChI=1S/C24H25N5O3/c1-27-11-9-21(26-27)22(30)29-16-20(19-8-5-10-25-14-19)24(17-29)23(31)28(12-13-32-24)15-18-6-3-2-4-7-18/h2-11,14,20H,12-13,15-17H2,1H3. The minimum atomic E-state index is -1.14. The molecule has 32 heavy (non-hydrogen) atoms. The molecule has 2 fully saturated rings. The van der Waals surface area contributed by atoms with Gasteiger partial charge in [-0.1, -0.05) is 36.4 Å². The lowest BCUT2D eigenvalue weighted by Gasteiger charge is -2.42. The van der Waals surface area contributed by atoms with Crippen molar-refractivity contribution in [3.05, 3.63) is 83.9 Å². The van der Waals surface area contributed by atoms with Gasteiger partial charge in [-0.25, -0.2) is 0 Å². The number of hydrogen-bond acceptors (Lipinski definition) is 5. The van der Waals surface area contributed by atoms with Crippen molar-refractivity contribution in [1.82, 2.24) is 24.6 Å². The van der Waals surface area contributed by atoms with Gasteiger partial charge in [0.2, 0.25) is 0 Å². The third-order valence-electron chi connectivity index (χ3n) is 6.28. The summed E-state index contributed by atoms with van der Waals surface area (Å²) in [5, 5.41) is 4.25. The zero-order valence-electron chi connectivity index (χ0n) is 17.9. The monoisotopic (exact) mass is 431 g/mol. The molecule has 2 atom stereocenters. The number of pyridine rings is 1. The minimum absolute atomic E-state index is 0.0854. The molecular formula is C24H25N5O3. The van der Waals surface area contributed by atoms with E-state index < -0.39 is 5.60 Å². The van der Waals surface area contributed by atoms with E-state index in [1.165, 1.54) is 0 Å². The summed E-state index contributed by atoms with van der Waals surface area (Å²) in [5.41, 5.74) is 1.17. The molecular weight excluding hydrogens is 406 g/mol. The van der Waals surface area contributed by atoms with E-state index in [1.54, 1.807) is 41.3 Å². The lowest BCUT2D eigenvalue weighted by Crippen LogP contribution is -2.60. The van der Waals surface area contributed by atoms with Gasteiger partial charge >= 0.3 is 0 Å². The van der Waals surface area contributed by atoms with Gasteiger partial charge in [0.15, 0.2) is 5.60 Å². The van der Waals surface area contributed by atoms with Gasteiger partial charge in [0.1, 0.15) is 5.69 Å². The van der Waals surface area contributed by atoms with Crippen LogP contribution < -0.4 is 0 Å². The fraction of sp³-hybridized carbons (Fsp3) is 0.333. The summed E-state index contributed by atoms with van der Waals surface area (Å²) >= 11 is 0. The Bertz CT molecular complexity index is 1120. The molecule has 8 nitrogen and oxygen atoms in total. The van der Waals surface area contributed by atoms with Crippen LogP contribution in [0.1, 0.15) is 27.5 Å². The van der Waals surface area contributed by atoms with Crippen LogP contribution in [0.15, 0.2) is 67.1 Å². The maximum Gasteiger partial charge on any atom is 0.274 e. The van der Waals surface area contributed by atoms with Crippen molar-refractivity contribution >= 4 is 11.8 Å². The summed E-state index contributed by atoms with van der Waals surface area (Å²) in [6.45, 7) is 2.00. The van der Waals surface area contributed by atoms with Crippen molar-refractivity contribution in [1.29, 1.82) is 0 Å². The first-order valence-electron chi connectivity index (χ1n) is 10.7. The van der Waals surface area contributed by atoms with Crippen LogP contribution in [0.5, 0.6) is 0 Å². The van der Waals surface area contributed by atoms with E-state index in [2.05, 4.69) is 10.1 Å². The fourth-order valence-electron chi connectivity index (χ4n) is 4.72. The first kappa shape index (κ1) is 20.4. The second kappa shape index (κ2) is 8.20. The predicted molar refractivity (Wildman–Crippen MR) is 117 cm³/mol. The highest BCUT2D eigenvalue weighted by molar-refractivity contribution is 5.95. The van der Waals surface area contributed by atoms with E-state index in [0.29, 0.717) is 31.9 Å². The van der Waals surface area contributed by atoms with Crippen LogP contribution in [0.3, 0.4) is 0 Å². The molecule has 0 radical (unpaired) electrons. The van der Waals surface area contributed by atoms with Gasteiger partial charge in [0.05, 0.1) is 13.2 Å². The van der Waals surface area contributed by atoms with Crippen LogP contribution >= 0.6 is 0 Å².